The molecule has 0 aromatic heterocycles. The lowest BCUT2D eigenvalue weighted by molar-refractivity contribution is 1.68. The lowest BCUT2D eigenvalue weighted by atomic mass is 10.5. The number of allylic oxidation sites excluding steroid dienone is 1. The summed E-state index contributed by atoms with van der Waals surface area (Å²) in [4.78, 5) is 0. The van der Waals surface area contributed by atoms with E-state index in [-0.39, 0.29) is 0 Å². The molecule has 0 unspecified atom stereocenters. The van der Waals surface area contributed by atoms with E-state index >= 15 is 0 Å². The third kappa shape index (κ3) is 5.76. The molecule has 0 N–H and O–H groups in total. The van der Waals surface area contributed by atoms with Gasteiger partial charge in [0.1, 0.15) is 0 Å². The monoisotopic (exact) mass is 129 g/mol. The summed E-state index contributed by atoms with van der Waals surface area (Å²) in [6.45, 7) is 5.94. The lowest BCUT2D eigenvalue weighted by Gasteiger charge is -1.82. The van der Waals surface area contributed by atoms with Crippen LogP contribution >= 0.6 is 11.9 Å². The Balaban J connectivity index is 3.30. The molecule has 0 aliphatic carbocycles. The van der Waals surface area contributed by atoms with E-state index in [0.717, 1.165) is 5.71 Å². The van der Waals surface area contributed by atoms with Crippen LogP contribution in [-0.4, -0.2) is 5.71 Å². The summed E-state index contributed by atoms with van der Waals surface area (Å²) >= 11 is 1.47. The topological polar surface area (TPSA) is 12.4 Å². The maximum Gasteiger partial charge on any atom is 0.0204 e. The van der Waals surface area contributed by atoms with Crippen LogP contribution in [0.4, 0.5) is 0 Å². The van der Waals surface area contributed by atoms with Gasteiger partial charge in [-0.3, -0.25) is 0 Å². The molecule has 0 rings (SSSR count). The van der Waals surface area contributed by atoms with Crippen LogP contribution in [0.1, 0.15) is 20.8 Å². The molecule has 0 saturated heterocycles. The summed E-state index contributed by atoms with van der Waals surface area (Å²) in [5.74, 6) is 0. The fourth-order valence-electron chi connectivity index (χ4n) is 0.197. The first-order valence-corrected chi connectivity index (χ1v) is 3.39. The SMILES string of the molecule is CC=CSN=C(C)C. The highest BCUT2D eigenvalue weighted by molar-refractivity contribution is 8.01. The molecule has 0 aliphatic heterocycles. The van der Waals surface area contributed by atoms with E-state index in [1.807, 2.05) is 32.3 Å². The molecule has 46 valence electrons. The number of nitrogens with zero attached hydrogens (tertiary/aromatic N) is 1. The van der Waals surface area contributed by atoms with Gasteiger partial charge in [-0.1, -0.05) is 6.08 Å². The first-order chi connectivity index (χ1) is 3.77. The van der Waals surface area contributed by atoms with Crippen molar-refractivity contribution in [2.24, 2.45) is 4.40 Å². The van der Waals surface area contributed by atoms with E-state index < -0.39 is 0 Å². The van der Waals surface area contributed by atoms with Crippen molar-refractivity contribution < 1.29 is 0 Å². The molecule has 2 heteroatoms. The predicted octanol–water partition coefficient (Wildman–Crippen LogP) is 2.65. The fourth-order valence-corrected chi connectivity index (χ4v) is 0.590. The van der Waals surface area contributed by atoms with E-state index in [9.17, 15) is 0 Å². The number of hydrogen-bond acceptors (Lipinski definition) is 2. The first kappa shape index (κ1) is 7.76. The van der Waals surface area contributed by atoms with Crippen LogP contribution < -0.4 is 0 Å². The zero-order valence-corrected chi connectivity index (χ0v) is 6.33. The molecule has 0 fully saturated rings. The van der Waals surface area contributed by atoms with Gasteiger partial charge in [-0.15, -0.1) is 0 Å². The average Bonchev–Trinajstić information content (AvgIpc) is 1.66. The summed E-state index contributed by atoms with van der Waals surface area (Å²) in [7, 11) is 0. The van der Waals surface area contributed by atoms with Gasteiger partial charge in [0.05, 0.1) is 0 Å². The van der Waals surface area contributed by atoms with Crippen molar-refractivity contribution in [2.75, 3.05) is 0 Å². The van der Waals surface area contributed by atoms with Gasteiger partial charge in [0.15, 0.2) is 0 Å². The van der Waals surface area contributed by atoms with Crippen LogP contribution in [0.25, 0.3) is 0 Å². The van der Waals surface area contributed by atoms with Gasteiger partial charge < -0.3 is 0 Å². The summed E-state index contributed by atoms with van der Waals surface area (Å²) in [6.07, 6.45) is 1.97. The molecule has 0 bridgehead atoms. The highest BCUT2D eigenvalue weighted by Crippen LogP contribution is 2.02. The Morgan fingerprint density at radius 1 is 1.50 bits per heavy atom. The molecule has 0 aromatic rings. The Bertz CT molecular complexity index is 101. The second kappa shape index (κ2) is 4.91. The van der Waals surface area contributed by atoms with Gasteiger partial charge in [-0.2, -0.15) is 0 Å². The molecule has 0 amide bonds. The van der Waals surface area contributed by atoms with E-state index in [1.54, 1.807) is 0 Å². The second-order valence-corrected chi connectivity index (χ2v) is 2.28. The molecular weight excluding hydrogens is 118 g/mol. The van der Waals surface area contributed by atoms with Crippen LogP contribution in [0.2, 0.25) is 0 Å². The Hall–Kier alpha value is -0.240. The van der Waals surface area contributed by atoms with Gasteiger partial charge >= 0.3 is 0 Å². The Labute approximate surface area is 55.0 Å². The van der Waals surface area contributed by atoms with Crippen molar-refractivity contribution >= 4 is 17.7 Å². The second-order valence-electron chi connectivity index (χ2n) is 1.61. The van der Waals surface area contributed by atoms with Crippen molar-refractivity contribution in [3.63, 3.8) is 0 Å². The maximum atomic E-state index is 4.06. The summed E-state index contributed by atoms with van der Waals surface area (Å²) in [5.41, 5.74) is 1.10. The highest BCUT2D eigenvalue weighted by Gasteiger charge is 1.72. The predicted molar refractivity (Wildman–Crippen MR) is 41.2 cm³/mol. The normalized spacial score (nSPS) is 9.88. The van der Waals surface area contributed by atoms with Crippen molar-refractivity contribution in [3.8, 4) is 0 Å². The van der Waals surface area contributed by atoms with Gasteiger partial charge in [0.25, 0.3) is 0 Å². The Morgan fingerprint density at radius 3 is 2.50 bits per heavy atom. The Morgan fingerprint density at radius 2 is 2.12 bits per heavy atom. The average molecular weight is 129 g/mol. The third-order valence-electron chi connectivity index (χ3n) is 0.432. The standard InChI is InChI=1S/C6H11NS/c1-4-5-8-7-6(2)3/h4-5H,1-3H3. The number of hydrogen-bond donors (Lipinski definition) is 0. The van der Waals surface area contributed by atoms with Gasteiger partial charge in [0.2, 0.25) is 0 Å². The van der Waals surface area contributed by atoms with E-state index in [0.29, 0.717) is 0 Å². The number of rotatable bonds is 2. The van der Waals surface area contributed by atoms with Crippen LogP contribution in [0.3, 0.4) is 0 Å². The van der Waals surface area contributed by atoms with Crippen LogP contribution in [0, 0.1) is 0 Å². The first-order valence-electron chi connectivity index (χ1n) is 2.55. The molecule has 0 saturated carbocycles. The fraction of sp³-hybridized carbons (Fsp3) is 0.500. The highest BCUT2D eigenvalue weighted by atomic mass is 32.2. The van der Waals surface area contributed by atoms with Crippen LogP contribution in [-0.2, 0) is 0 Å². The zero-order chi connectivity index (χ0) is 6.41. The zero-order valence-electron chi connectivity index (χ0n) is 5.51. The quantitative estimate of drug-likeness (QED) is 0.412. The van der Waals surface area contributed by atoms with E-state index in [2.05, 4.69) is 4.40 Å². The van der Waals surface area contributed by atoms with Crippen molar-refractivity contribution in [3.05, 3.63) is 11.5 Å². The molecule has 0 spiro atoms. The molecular formula is C6H11NS. The summed E-state index contributed by atoms with van der Waals surface area (Å²) in [6, 6.07) is 0. The minimum Gasteiger partial charge on any atom is -0.222 e. The summed E-state index contributed by atoms with van der Waals surface area (Å²) < 4.78 is 4.06. The molecule has 0 atom stereocenters. The maximum absolute atomic E-state index is 4.06. The van der Waals surface area contributed by atoms with Crippen molar-refractivity contribution in [2.45, 2.75) is 20.8 Å². The van der Waals surface area contributed by atoms with E-state index in [4.69, 9.17) is 0 Å². The van der Waals surface area contributed by atoms with Crippen LogP contribution in [0.15, 0.2) is 15.9 Å². The van der Waals surface area contributed by atoms with Gasteiger partial charge in [-0.25, -0.2) is 4.40 Å². The largest absolute Gasteiger partial charge is 0.222 e. The van der Waals surface area contributed by atoms with Gasteiger partial charge in [-0.05, 0) is 26.2 Å². The molecule has 0 aliphatic rings. The van der Waals surface area contributed by atoms with Crippen LogP contribution in [0.5, 0.6) is 0 Å². The van der Waals surface area contributed by atoms with Crippen molar-refractivity contribution in [1.82, 2.24) is 0 Å². The Kier molecular flexibility index (Phi) is 4.76. The third-order valence-corrected chi connectivity index (χ3v) is 1.30. The molecule has 0 radical (unpaired) electrons. The minimum absolute atomic E-state index is 1.10. The molecule has 8 heavy (non-hydrogen) atoms. The summed E-state index contributed by atoms with van der Waals surface area (Å²) in [5, 5.41) is 1.95. The molecule has 0 heterocycles. The minimum atomic E-state index is 1.10. The lowest BCUT2D eigenvalue weighted by Crippen LogP contribution is -1.72. The van der Waals surface area contributed by atoms with Crippen molar-refractivity contribution in [1.29, 1.82) is 0 Å². The molecule has 1 nitrogen and oxygen atoms in total. The smallest absolute Gasteiger partial charge is 0.0204 e. The van der Waals surface area contributed by atoms with Gasteiger partial charge in [0, 0.05) is 17.7 Å². The molecule has 0 aromatic carbocycles. The van der Waals surface area contributed by atoms with E-state index in [1.165, 1.54) is 11.9 Å².